The number of rotatable bonds is 6. The van der Waals surface area contributed by atoms with Crippen LogP contribution in [0.1, 0.15) is 76.0 Å². The number of ether oxygens (including phenoxy) is 1. The van der Waals surface area contributed by atoms with Crippen LogP contribution in [0.4, 0.5) is 0 Å². The van der Waals surface area contributed by atoms with E-state index in [0.717, 1.165) is 48.5 Å². The van der Waals surface area contributed by atoms with Gasteiger partial charge in [0.15, 0.2) is 0 Å². The van der Waals surface area contributed by atoms with Crippen molar-refractivity contribution in [2.45, 2.75) is 65.8 Å². The summed E-state index contributed by atoms with van der Waals surface area (Å²) in [5.74, 6) is -0.306. The Morgan fingerprint density at radius 3 is 2.83 bits per heavy atom. The lowest BCUT2D eigenvalue weighted by atomic mass is 10.0. The smallest absolute Gasteiger partial charge is 0.255 e. The maximum Gasteiger partial charge on any atom is 0.255 e. The summed E-state index contributed by atoms with van der Waals surface area (Å²) in [5.41, 5.74) is 4.88. The predicted octanol–water partition coefficient (Wildman–Crippen LogP) is 3.15. The Hall–Kier alpha value is -2.67. The van der Waals surface area contributed by atoms with Gasteiger partial charge in [-0.15, -0.1) is 0 Å². The summed E-state index contributed by atoms with van der Waals surface area (Å²) in [6, 6.07) is 5.33. The van der Waals surface area contributed by atoms with Gasteiger partial charge in [-0.25, -0.2) is 0 Å². The van der Waals surface area contributed by atoms with Crippen LogP contribution in [0.3, 0.4) is 0 Å². The molecule has 2 atom stereocenters. The molecule has 30 heavy (non-hydrogen) atoms. The van der Waals surface area contributed by atoms with Crippen molar-refractivity contribution in [1.29, 1.82) is 0 Å². The van der Waals surface area contributed by atoms with E-state index in [9.17, 15) is 9.59 Å². The van der Waals surface area contributed by atoms with E-state index < -0.39 is 0 Å². The SMILES string of the molecule is CCn1nc(C)c([C@H](C)NC(=O)c2cccc3c2C(=O)N(C[C@H]2CCCO2)C3)c1C. The second kappa shape index (κ2) is 8.22. The van der Waals surface area contributed by atoms with Gasteiger partial charge in [-0.2, -0.15) is 5.10 Å². The van der Waals surface area contributed by atoms with Crippen LogP contribution in [0, 0.1) is 13.8 Å². The van der Waals surface area contributed by atoms with Crippen molar-refractivity contribution in [3.8, 4) is 0 Å². The van der Waals surface area contributed by atoms with Gasteiger partial charge >= 0.3 is 0 Å². The van der Waals surface area contributed by atoms with Gasteiger partial charge in [-0.1, -0.05) is 12.1 Å². The third kappa shape index (κ3) is 3.62. The second-order valence-corrected chi connectivity index (χ2v) is 8.26. The van der Waals surface area contributed by atoms with E-state index in [0.29, 0.717) is 24.2 Å². The van der Waals surface area contributed by atoms with Crippen LogP contribution in [-0.4, -0.2) is 45.8 Å². The van der Waals surface area contributed by atoms with Gasteiger partial charge in [0.25, 0.3) is 11.8 Å². The molecule has 1 N–H and O–H groups in total. The van der Waals surface area contributed by atoms with E-state index in [1.165, 1.54) is 0 Å². The minimum Gasteiger partial charge on any atom is -0.376 e. The number of aromatic nitrogens is 2. The monoisotopic (exact) mass is 410 g/mol. The Morgan fingerprint density at radius 1 is 1.37 bits per heavy atom. The second-order valence-electron chi connectivity index (χ2n) is 8.26. The molecule has 4 rings (SSSR count). The molecule has 7 heteroatoms. The number of hydrogen-bond donors (Lipinski definition) is 1. The molecule has 0 saturated carbocycles. The summed E-state index contributed by atoms with van der Waals surface area (Å²) < 4.78 is 7.64. The number of carbonyl (C=O) groups excluding carboxylic acids is 2. The highest BCUT2D eigenvalue weighted by Crippen LogP contribution is 2.29. The molecule has 1 aromatic carbocycles. The van der Waals surface area contributed by atoms with Gasteiger partial charge in [0.1, 0.15) is 0 Å². The lowest BCUT2D eigenvalue weighted by Crippen LogP contribution is -2.33. The number of amides is 2. The fourth-order valence-electron chi connectivity index (χ4n) is 4.78. The van der Waals surface area contributed by atoms with E-state index in [4.69, 9.17) is 4.74 Å². The first-order valence-corrected chi connectivity index (χ1v) is 10.8. The largest absolute Gasteiger partial charge is 0.376 e. The van der Waals surface area contributed by atoms with Gasteiger partial charge in [0, 0.05) is 37.5 Å². The normalized spacial score (nSPS) is 19.3. The zero-order chi connectivity index (χ0) is 21.4. The van der Waals surface area contributed by atoms with Crippen LogP contribution in [0.25, 0.3) is 0 Å². The van der Waals surface area contributed by atoms with Crippen molar-refractivity contribution in [3.05, 3.63) is 51.8 Å². The maximum absolute atomic E-state index is 13.2. The molecule has 2 aliphatic heterocycles. The Labute approximate surface area is 177 Å². The van der Waals surface area contributed by atoms with E-state index in [2.05, 4.69) is 10.4 Å². The van der Waals surface area contributed by atoms with E-state index in [1.807, 2.05) is 44.5 Å². The molecule has 160 valence electrons. The molecule has 1 aromatic heterocycles. The number of carbonyl (C=O) groups is 2. The predicted molar refractivity (Wildman–Crippen MR) is 113 cm³/mol. The van der Waals surface area contributed by atoms with Gasteiger partial charge < -0.3 is 15.0 Å². The molecule has 1 fully saturated rings. The van der Waals surface area contributed by atoms with E-state index in [1.54, 1.807) is 11.0 Å². The number of hydrogen-bond acceptors (Lipinski definition) is 4. The molecule has 1 saturated heterocycles. The molecule has 2 aliphatic rings. The molecule has 0 radical (unpaired) electrons. The Morgan fingerprint density at radius 2 is 2.17 bits per heavy atom. The molecule has 2 amide bonds. The molecule has 0 spiro atoms. The van der Waals surface area contributed by atoms with E-state index >= 15 is 0 Å². The van der Waals surface area contributed by atoms with Crippen LogP contribution in [0.2, 0.25) is 0 Å². The minimum absolute atomic E-state index is 0.0786. The zero-order valence-electron chi connectivity index (χ0n) is 18.2. The van der Waals surface area contributed by atoms with Crippen molar-refractivity contribution in [1.82, 2.24) is 20.0 Å². The van der Waals surface area contributed by atoms with Crippen molar-refractivity contribution >= 4 is 11.8 Å². The first-order chi connectivity index (χ1) is 14.4. The lowest BCUT2D eigenvalue weighted by molar-refractivity contribution is 0.0544. The average molecular weight is 411 g/mol. The highest BCUT2D eigenvalue weighted by molar-refractivity contribution is 6.09. The topological polar surface area (TPSA) is 76.5 Å². The fraction of sp³-hybridized carbons (Fsp3) is 0.522. The van der Waals surface area contributed by atoms with Crippen molar-refractivity contribution in [2.24, 2.45) is 0 Å². The van der Waals surface area contributed by atoms with Crippen LogP contribution in [-0.2, 0) is 17.8 Å². The minimum atomic E-state index is -0.227. The number of nitrogens with one attached hydrogen (secondary N) is 1. The highest BCUT2D eigenvalue weighted by atomic mass is 16.5. The maximum atomic E-state index is 13.2. The van der Waals surface area contributed by atoms with Gasteiger partial charge in [-0.3, -0.25) is 14.3 Å². The third-order valence-electron chi connectivity index (χ3n) is 6.22. The summed E-state index contributed by atoms with van der Waals surface area (Å²) in [7, 11) is 0. The molecule has 7 nitrogen and oxygen atoms in total. The quantitative estimate of drug-likeness (QED) is 0.794. The zero-order valence-corrected chi connectivity index (χ0v) is 18.2. The first kappa shape index (κ1) is 20.6. The van der Waals surface area contributed by atoms with Gasteiger partial charge in [-0.05, 0) is 52.2 Å². The third-order valence-corrected chi connectivity index (χ3v) is 6.22. The number of benzene rings is 1. The summed E-state index contributed by atoms with van der Waals surface area (Å²) in [5, 5.41) is 7.63. The van der Waals surface area contributed by atoms with Crippen molar-refractivity contribution < 1.29 is 14.3 Å². The van der Waals surface area contributed by atoms with Gasteiger partial charge in [0.2, 0.25) is 0 Å². The molecular weight excluding hydrogens is 380 g/mol. The Bertz CT molecular complexity index is 975. The number of nitrogens with zero attached hydrogens (tertiary/aromatic N) is 3. The summed E-state index contributed by atoms with van der Waals surface area (Å²) in [4.78, 5) is 28.0. The molecule has 3 heterocycles. The van der Waals surface area contributed by atoms with E-state index in [-0.39, 0.29) is 24.0 Å². The van der Waals surface area contributed by atoms with Crippen LogP contribution >= 0.6 is 0 Å². The molecule has 0 bridgehead atoms. The number of fused-ring (bicyclic) bond motifs is 1. The van der Waals surface area contributed by atoms with Crippen LogP contribution < -0.4 is 5.32 Å². The van der Waals surface area contributed by atoms with Gasteiger partial charge in [0.05, 0.1) is 29.0 Å². The molecule has 0 aliphatic carbocycles. The van der Waals surface area contributed by atoms with Crippen molar-refractivity contribution in [3.63, 3.8) is 0 Å². The fourth-order valence-corrected chi connectivity index (χ4v) is 4.78. The highest BCUT2D eigenvalue weighted by Gasteiger charge is 2.34. The Kier molecular flexibility index (Phi) is 5.64. The summed E-state index contributed by atoms with van der Waals surface area (Å²) >= 11 is 0. The average Bonchev–Trinajstić information content (AvgIpc) is 3.41. The van der Waals surface area contributed by atoms with Crippen molar-refractivity contribution in [2.75, 3.05) is 13.2 Å². The lowest BCUT2D eigenvalue weighted by Gasteiger charge is -2.20. The number of aryl methyl sites for hydroxylation is 2. The summed E-state index contributed by atoms with van der Waals surface area (Å²) in [6.07, 6.45) is 2.12. The van der Waals surface area contributed by atoms with Crippen LogP contribution in [0.5, 0.6) is 0 Å². The molecule has 2 aromatic rings. The summed E-state index contributed by atoms with van der Waals surface area (Å²) in [6.45, 7) is 10.7. The molecule has 0 unspecified atom stereocenters. The first-order valence-electron chi connectivity index (χ1n) is 10.8. The standard InChI is InChI=1S/C23H30N4O3/c1-5-27-16(4)20(15(3)25-27)14(2)24-22(28)19-10-6-8-17-12-26(23(29)21(17)19)13-18-9-7-11-30-18/h6,8,10,14,18H,5,7,9,11-13H2,1-4H3,(H,24,28)/t14-,18+/m0/s1. The van der Waals surface area contributed by atoms with Crippen LogP contribution in [0.15, 0.2) is 18.2 Å². The molecular formula is C23H30N4O3. The Balaban J connectivity index is 1.53.